The van der Waals surface area contributed by atoms with Gasteiger partial charge in [-0.2, -0.15) is 0 Å². The Morgan fingerprint density at radius 2 is 1.94 bits per heavy atom. The predicted octanol–water partition coefficient (Wildman–Crippen LogP) is 2.15. The van der Waals surface area contributed by atoms with E-state index >= 15 is 0 Å². The zero-order valence-electron chi connectivity index (χ0n) is 10.7. The minimum absolute atomic E-state index is 0.126. The molecule has 1 aliphatic rings. The van der Waals surface area contributed by atoms with Crippen LogP contribution in [0, 0.1) is 5.92 Å². The predicted molar refractivity (Wildman–Crippen MR) is 62.8 cm³/mol. The SMILES string of the molecule is CC(C)(C)OC(=O)[C@@H]1CCC[C@H](NC(=O)O)C1. The maximum Gasteiger partial charge on any atom is 0.404 e. The molecule has 1 rings (SSSR count). The molecule has 1 saturated carbocycles. The maximum absolute atomic E-state index is 11.8. The highest BCUT2D eigenvalue weighted by Crippen LogP contribution is 2.26. The Bertz CT molecular complexity index is 295. The van der Waals surface area contributed by atoms with Crippen LogP contribution in [0.5, 0.6) is 0 Å². The van der Waals surface area contributed by atoms with Gasteiger partial charge < -0.3 is 15.2 Å². The summed E-state index contributed by atoms with van der Waals surface area (Å²) in [6.07, 6.45) is 1.95. The van der Waals surface area contributed by atoms with Crippen molar-refractivity contribution in [1.82, 2.24) is 5.32 Å². The van der Waals surface area contributed by atoms with E-state index in [-0.39, 0.29) is 17.9 Å². The number of ether oxygens (including phenoxy) is 1. The third-order valence-electron chi connectivity index (χ3n) is 2.74. The van der Waals surface area contributed by atoms with Gasteiger partial charge in [-0.3, -0.25) is 4.79 Å². The topological polar surface area (TPSA) is 75.6 Å². The molecule has 0 aromatic heterocycles. The van der Waals surface area contributed by atoms with Crippen LogP contribution in [0.4, 0.5) is 4.79 Å². The van der Waals surface area contributed by atoms with Crippen LogP contribution in [0.15, 0.2) is 0 Å². The van der Waals surface area contributed by atoms with Crippen LogP contribution in [0.25, 0.3) is 0 Å². The van der Waals surface area contributed by atoms with Gasteiger partial charge in [0, 0.05) is 6.04 Å². The maximum atomic E-state index is 11.8. The molecule has 0 spiro atoms. The fourth-order valence-electron chi connectivity index (χ4n) is 2.09. The van der Waals surface area contributed by atoms with Gasteiger partial charge in [-0.1, -0.05) is 6.42 Å². The van der Waals surface area contributed by atoms with E-state index in [4.69, 9.17) is 9.84 Å². The Morgan fingerprint density at radius 3 is 2.47 bits per heavy atom. The van der Waals surface area contributed by atoms with Crippen molar-refractivity contribution >= 4 is 12.1 Å². The number of amides is 1. The van der Waals surface area contributed by atoms with Crippen molar-refractivity contribution in [3.05, 3.63) is 0 Å². The number of carboxylic acid groups (broad SMARTS) is 1. The summed E-state index contributed by atoms with van der Waals surface area (Å²) in [7, 11) is 0. The molecule has 0 bridgehead atoms. The highest BCUT2D eigenvalue weighted by atomic mass is 16.6. The second-order valence-electron chi connectivity index (χ2n) is 5.54. The number of rotatable bonds is 2. The summed E-state index contributed by atoms with van der Waals surface area (Å²) in [4.78, 5) is 22.4. The summed E-state index contributed by atoms with van der Waals surface area (Å²) in [6.45, 7) is 5.50. The van der Waals surface area contributed by atoms with Gasteiger partial charge in [-0.25, -0.2) is 4.79 Å². The molecular formula is C12H21NO4. The van der Waals surface area contributed by atoms with E-state index in [1.807, 2.05) is 20.8 Å². The van der Waals surface area contributed by atoms with Crippen molar-refractivity contribution in [1.29, 1.82) is 0 Å². The van der Waals surface area contributed by atoms with Gasteiger partial charge in [0.15, 0.2) is 0 Å². The van der Waals surface area contributed by atoms with Gasteiger partial charge in [0.2, 0.25) is 0 Å². The summed E-state index contributed by atoms with van der Waals surface area (Å²) in [5.74, 6) is -0.394. The molecule has 0 aromatic rings. The van der Waals surface area contributed by atoms with Crippen LogP contribution in [-0.2, 0) is 9.53 Å². The lowest BCUT2D eigenvalue weighted by molar-refractivity contribution is -0.161. The molecule has 0 heterocycles. The highest BCUT2D eigenvalue weighted by Gasteiger charge is 2.31. The summed E-state index contributed by atoms with van der Waals surface area (Å²) >= 11 is 0. The van der Waals surface area contributed by atoms with E-state index in [1.54, 1.807) is 0 Å². The second-order valence-corrected chi connectivity index (χ2v) is 5.54. The fourth-order valence-corrected chi connectivity index (χ4v) is 2.09. The standard InChI is InChI=1S/C12H21NO4/c1-12(2,3)17-10(14)8-5-4-6-9(7-8)13-11(15)16/h8-9,13H,4-7H2,1-3H3,(H,15,16)/t8-,9+/m1/s1. The Morgan fingerprint density at radius 1 is 1.29 bits per heavy atom. The van der Waals surface area contributed by atoms with E-state index in [0.29, 0.717) is 6.42 Å². The van der Waals surface area contributed by atoms with Crippen molar-refractivity contribution in [2.45, 2.75) is 58.1 Å². The minimum Gasteiger partial charge on any atom is -0.465 e. The molecule has 0 saturated heterocycles. The fraction of sp³-hybridized carbons (Fsp3) is 0.833. The van der Waals surface area contributed by atoms with Crippen LogP contribution >= 0.6 is 0 Å². The Kier molecular flexibility index (Phi) is 4.37. The van der Waals surface area contributed by atoms with E-state index in [0.717, 1.165) is 19.3 Å². The molecule has 2 atom stereocenters. The number of carbonyl (C=O) groups excluding carboxylic acids is 1. The summed E-state index contributed by atoms with van der Waals surface area (Å²) < 4.78 is 5.32. The molecule has 1 fully saturated rings. The number of hydrogen-bond donors (Lipinski definition) is 2. The molecule has 0 unspecified atom stereocenters. The third-order valence-corrected chi connectivity index (χ3v) is 2.74. The van der Waals surface area contributed by atoms with Crippen molar-refractivity contribution in [2.75, 3.05) is 0 Å². The third kappa shape index (κ3) is 5.06. The first-order chi connectivity index (χ1) is 7.78. The molecule has 5 heteroatoms. The van der Waals surface area contributed by atoms with E-state index in [2.05, 4.69) is 5.32 Å². The average Bonchev–Trinajstić information content (AvgIpc) is 2.14. The van der Waals surface area contributed by atoms with Gasteiger partial charge in [0.1, 0.15) is 5.60 Å². The first-order valence-corrected chi connectivity index (χ1v) is 6.00. The molecular weight excluding hydrogens is 222 g/mol. The quantitative estimate of drug-likeness (QED) is 0.729. The number of nitrogens with one attached hydrogen (secondary N) is 1. The smallest absolute Gasteiger partial charge is 0.404 e. The first-order valence-electron chi connectivity index (χ1n) is 6.00. The molecule has 1 aliphatic carbocycles. The summed E-state index contributed by atoms with van der Waals surface area (Å²) in [5, 5.41) is 11.1. The molecule has 5 nitrogen and oxygen atoms in total. The zero-order valence-corrected chi connectivity index (χ0v) is 10.7. The van der Waals surface area contributed by atoms with Crippen molar-refractivity contribution in [3.8, 4) is 0 Å². The number of esters is 1. The summed E-state index contributed by atoms with van der Waals surface area (Å²) in [5.41, 5.74) is -0.482. The lowest BCUT2D eigenvalue weighted by atomic mass is 9.85. The van der Waals surface area contributed by atoms with Crippen LogP contribution in [0.2, 0.25) is 0 Å². The monoisotopic (exact) mass is 243 g/mol. The van der Waals surface area contributed by atoms with Gasteiger partial charge >= 0.3 is 12.1 Å². The highest BCUT2D eigenvalue weighted by molar-refractivity contribution is 5.73. The average molecular weight is 243 g/mol. The van der Waals surface area contributed by atoms with Gasteiger partial charge in [0.05, 0.1) is 5.92 Å². The van der Waals surface area contributed by atoms with Gasteiger partial charge in [0.25, 0.3) is 0 Å². The van der Waals surface area contributed by atoms with E-state index in [9.17, 15) is 9.59 Å². The van der Waals surface area contributed by atoms with Crippen LogP contribution in [-0.4, -0.2) is 28.8 Å². The Hall–Kier alpha value is -1.26. The number of carbonyl (C=O) groups is 2. The normalized spacial score (nSPS) is 25.1. The first kappa shape index (κ1) is 13.8. The number of hydrogen-bond acceptors (Lipinski definition) is 3. The van der Waals surface area contributed by atoms with E-state index in [1.165, 1.54) is 0 Å². The molecule has 0 aliphatic heterocycles. The van der Waals surface area contributed by atoms with Crippen molar-refractivity contribution in [3.63, 3.8) is 0 Å². The molecule has 0 aromatic carbocycles. The molecule has 98 valence electrons. The Labute approximate surface area is 102 Å². The minimum atomic E-state index is -1.03. The molecule has 1 amide bonds. The second kappa shape index (κ2) is 5.38. The summed E-state index contributed by atoms with van der Waals surface area (Å²) in [6, 6.07) is -0.126. The molecule has 17 heavy (non-hydrogen) atoms. The van der Waals surface area contributed by atoms with Crippen LogP contribution < -0.4 is 5.32 Å². The zero-order chi connectivity index (χ0) is 13.1. The lowest BCUT2D eigenvalue weighted by Gasteiger charge is -2.30. The van der Waals surface area contributed by atoms with Gasteiger partial charge in [-0.05, 0) is 40.0 Å². The van der Waals surface area contributed by atoms with Crippen molar-refractivity contribution < 1.29 is 19.4 Å². The van der Waals surface area contributed by atoms with Gasteiger partial charge in [-0.15, -0.1) is 0 Å². The van der Waals surface area contributed by atoms with Crippen LogP contribution in [0.3, 0.4) is 0 Å². The van der Waals surface area contributed by atoms with Crippen LogP contribution in [0.1, 0.15) is 46.5 Å². The molecule has 0 radical (unpaired) electrons. The molecule has 2 N–H and O–H groups in total. The Balaban J connectivity index is 2.49. The largest absolute Gasteiger partial charge is 0.465 e. The van der Waals surface area contributed by atoms with Crippen molar-refractivity contribution in [2.24, 2.45) is 5.92 Å². The van der Waals surface area contributed by atoms with E-state index < -0.39 is 11.7 Å². The lowest BCUT2D eigenvalue weighted by Crippen LogP contribution is -2.40.